The van der Waals surface area contributed by atoms with Crippen LogP contribution in [0.3, 0.4) is 0 Å². The number of amides is 3. The Morgan fingerprint density at radius 1 is 1.40 bits per heavy atom. The fourth-order valence-corrected chi connectivity index (χ4v) is 1.96. The number of aliphatic carboxylic acids is 1. The van der Waals surface area contributed by atoms with Crippen molar-refractivity contribution in [1.29, 1.82) is 0 Å². The van der Waals surface area contributed by atoms with Gasteiger partial charge < -0.3 is 21.5 Å². The van der Waals surface area contributed by atoms with E-state index in [0.29, 0.717) is 12.6 Å². The third-order valence-corrected chi connectivity index (χ3v) is 3.16. The highest BCUT2D eigenvalue weighted by Gasteiger charge is 2.27. The van der Waals surface area contributed by atoms with E-state index in [4.69, 9.17) is 10.8 Å². The lowest BCUT2D eigenvalue weighted by molar-refractivity contribution is -0.140. The van der Waals surface area contributed by atoms with Gasteiger partial charge >= 0.3 is 12.0 Å². The summed E-state index contributed by atoms with van der Waals surface area (Å²) in [4.78, 5) is 35.3. The number of carbonyl (C=O) groups excluding carboxylic acids is 2. The van der Waals surface area contributed by atoms with Crippen LogP contribution in [-0.2, 0) is 9.59 Å². The van der Waals surface area contributed by atoms with E-state index in [0.717, 1.165) is 13.1 Å². The maximum absolute atomic E-state index is 11.5. The summed E-state index contributed by atoms with van der Waals surface area (Å²) in [7, 11) is 0. The molecule has 5 N–H and O–H groups in total. The van der Waals surface area contributed by atoms with Crippen LogP contribution in [0.1, 0.15) is 26.2 Å². The van der Waals surface area contributed by atoms with E-state index in [9.17, 15) is 14.4 Å². The minimum atomic E-state index is -1.29. The molecule has 114 valence electrons. The van der Waals surface area contributed by atoms with Gasteiger partial charge in [0.15, 0.2) is 0 Å². The van der Waals surface area contributed by atoms with Crippen LogP contribution in [-0.4, -0.2) is 59.6 Å². The van der Waals surface area contributed by atoms with E-state index in [1.54, 1.807) is 0 Å². The quantitative estimate of drug-likeness (QED) is 0.437. The van der Waals surface area contributed by atoms with E-state index in [-0.39, 0.29) is 0 Å². The summed E-state index contributed by atoms with van der Waals surface area (Å²) in [6.45, 7) is 4.14. The van der Waals surface area contributed by atoms with Crippen molar-refractivity contribution in [3.05, 3.63) is 0 Å². The molecular weight excluding hydrogens is 264 g/mol. The number of urea groups is 1. The number of primary amides is 1. The van der Waals surface area contributed by atoms with Gasteiger partial charge in [0.1, 0.15) is 6.04 Å². The van der Waals surface area contributed by atoms with Crippen LogP contribution in [0.5, 0.6) is 0 Å². The van der Waals surface area contributed by atoms with Gasteiger partial charge in [0, 0.05) is 19.1 Å². The minimum absolute atomic E-state index is 0.425. The van der Waals surface area contributed by atoms with Gasteiger partial charge in [-0.05, 0) is 19.4 Å². The van der Waals surface area contributed by atoms with Gasteiger partial charge in [0.2, 0.25) is 5.91 Å². The number of rotatable bonds is 9. The molecule has 0 spiro atoms. The molecule has 0 unspecified atom stereocenters. The molecule has 0 radical (unpaired) electrons. The number of nitrogens with two attached hydrogens (primary N) is 1. The molecule has 0 heterocycles. The Balaban J connectivity index is 2.26. The molecule has 0 aliphatic heterocycles. The van der Waals surface area contributed by atoms with Gasteiger partial charge in [-0.3, -0.25) is 9.69 Å². The lowest BCUT2D eigenvalue weighted by atomic mass is 10.2. The zero-order chi connectivity index (χ0) is 15.1. The molecule has 8 nitrogen and oxygen atoms in total. The van der Waals surface area contributed by atoms with E-state index in [2.05, 4.69) is 22.5 Å². The van der Waals surface area contributed by atoms with E-state index < -0.39 is 30.4 Å². The molecule has 0 aromatic rings. The van der Waals surface area contributed by atoms with Crippen molar-refractivity contribution in [3.8, 4) is 0 Å². The molecule has 1 atom stereocenters. The monoisotopic (exact) mass is 286 g/mol. The van der Waals surface area contributed by atoms with Crippen molar-refractivity contribution in [1.82, 2.24) is 15.5 Å². The summed E-state index contributed by atoms with van der Waals surface area (Å²) >= 11 is 0. The van der Waals surface area contributed by atoms with Crippen molar-refractivity contribution in [2.24, 2.45) is 5.73 Å². The van der Waals surface area contributed by atoms with Crippen molar-refractivity contribution in [3.63, 3.8) is 0 Å². The summed E-state index contributed by atoms with van der Waals surface area (Å²) in [5.74, 6) is -2.06. The Kier molecular flexibility index (Phi) is 6.23. The fourth-order valence-electron chi connectivity index (χ4n) is 1.96. The molecular formula is C12H22N4O4. The van der Waals surface area contributed by atoms with E-state index >= 15 is 0 Å². The fraction of sp³-hybridized carbons (Fsp3) is 0.750. The Labute approximate surface area is 117 Å². The molecule has 0 bridgehead atoms. The molecule has 0 aromatic heterocycles. The van der Waals surface area contributed by atoms with Crippen molar-refractivity contribution in [2.75, 3.05) is 19.6 Å². The largest absolute Gasteiger partial charge is 0.480 e. The molecule has 1 aliphatic rings. The van der Waals surface area contributed by atoms with Gasteiger partial charge in [0.05, 0.1) is 6.42 Å². The Bertz CT molecular complexity index is 370. The van der Waals surface area contributed by atoms with E-state index in [1.807, 2.05) is 0 Å². The number of carboxylic acid groups (broad SMARTS) is 1. The molecule has 1 saturated carbocycles. The number of carbonyl (C=O) groups is 3. The summed E-state index contributed by atoms with van der Waals surface area (Å²) in [5.41, 5.74) is 4.92. The standard InChI is InChI=1S/C12H22N4O4/c1-2-16(8-3-4-8)6-5-14-12(20)15-9(11(18)19)7-10(13)17/h8-9H,2-7H2,1H3,(H2,13,17)(H,18,19)(H2,14,15,20)/t9-/m0/s1. The normalized spacial score (nSPS) is 15.7. The van der Waals surface area contributed by atoms with Gasteiger partial charge in [-0.25, -0.2) is 9.59 Å². The first-order chi connectivity index (χ1) is 9.43. The number of likely N-dealkylation sites (N-methyl/N-ethyl adjacent to an activating group) is 1. The molecule has 0 aromatic carbocycles. The highest BCUT2D eigenvalue weighted by Crippen LogP contribution is 2.25. The number of nitrogens with zero attached hydrogens (tertiary/aromatic N) is 1. The molecule has 3 amide bonds. The number of hydrogen-bond acceptors (Lipinski definition) is 4. The number of carboxylic acids is 1. The Hall–Kier alpha value is -1.83. The van der Waals surface area contributed by atoms with Crippen molar-refractivity contribution in [2.45, 2.75) is 38.3 Å². The predicted molar refractivity (Wildman–Crippen MR) is 72.0 cm³/mol. The molecule has 8 heteroatoms. The second-order valence-corrected chi connectivity index (χ2v) is 4.82. The van der Waals surface area contributed by atoms with Crippen LogP contribution in [0.4, 0.5) is 4.79 Å². The molecule has 20 heavy (non-hydrogen) atoms. The third kappa shape index (κ3) is 5.87. The average Bonchev–Trinajstić information content (AvgIpc) is 3.17. The average molecular weight is 286 g/mol. The summed E-state index contributed by atoms with van der Waals surface area (Å²) in [6.07, 6.45) is 1.96. The third-order valence-electron chi connectivity index (χ3n) is 3.16. The second kappa shape index (κ2) is 7.68. The smallest absolute Gasteiger partial charge is 0.326 e. The van der Waals surface area contributed by atoms with Gasteiger partial charge in [-0.15, -0.1) is 0 Å². The summed E-state index contributed by atoms with van der Waals surface area (Å²) in [5, 5.41) is 13.6. The minimum Gasteiger partial charge on any atom is -0.480 e. The SMILES string of the molecule is CCN(CCNC(=O)N[C@@H](CC(N)=O)C(=O)O)C1CC1. The van der Waals surface area contributed by atoms with Gasteiger partial charge in [0.25, 0.3) is 0 Å². The lowest BCUT2D eigenvalue weighted by Gasteiger charge is -2.20. The maximum atomic E-state index is 11.5. The molecule has 0 saturated heterocycles. The van der Waals surface area contributed by atoms with Crippen LogP contribution < -0.4 is 16.4 Å². The van der Waals surface area contributed by atoms with Gasteiger partial charge in [-0.2, -0.15) is 0 Å². The van der Waals surface area contributed by atoms with Crippen molar-refractivity contribution >= 4 is 17.9 Å². The van der Waals surface area contributed by atoms with Crippen LogP contribution in [0, 0.1) is 0 Å². The molecule has 1 fully saturated rings. The first-order valence-electron chi connectivity index (χ1n) is 6.73. The lowest BCUT2D eigenvalue weighted by Crippen LogP contribution is -2.49. The topological polar surface area (TPSA) is 125 Å². The zero-order valence-corrected chi connectivity index (χ0v) is 11.6. The highest BCUT2D eigenvalue weighted by atomic mass is 16.4. The highest BCUT2D eigenvalue weighted by molar-refractivity contribution is 5.87. The number of hydrogen-bond donors (Lipinski definition) is 4. The number of nitrogens with one attached hydrogen (secondary N) is 2. The Morgan fingerprint density at radius 2 is 2.05 bits per heavy atom. The predicted octanol–water partition coefficient (Wildman–Crippen LogP) is -0.901. The first kappa shape index (κ1) is 16.2. The summed E-state index contributed by atoms with van der Waals surface area (Å²) < 4.78 is 0. The molecule has 1 aliphatic carbocycles. The maximum Gasteiger partial charge on any atom is 0.326 e. The van der Waals surface area contributed by atoms with Crippen LogP contribution in [0.2, 0.25) is 0 Å². The summed E-state index contributed by atoms with van der Waals surface area (Å²) in [6, 6.07) is -1.28. The first-order valence-corrected chi connectivity index (χ1v) is 6.73. The van der Waals surface area contributed by atoms with Crippen molar-refractivity contribution < 1.29 is 19.5 Å². The second-order valence-electron chi connectivity index (χ2n) is 4.82. The van der Waals surface area contributed by atoms with Crippen LogP contribution >= 0.6 is 0 Å². The zero-order valence-electron chi connectivity index (χ0n) is 11.6. The van der Waals surface area contributed by atoms with E-state index in [1.165, 1.54) is 12.8 Å². The van der Waals surface area contributed by atoms with Gasteiger partial charge in [-0.1, -0.05) is 6.92 Å². The Morgan fingerprint density at radius 3 is 2.50 bits per heavy atom. The molecule has 1 rings (SSSR count). The van der Waals surface area contributed by atoms with Crippen LogP contribution in [0.25, 0.3) is 0 Å². The van der Waals surface area contributed by atoms with Crippen LogP contribution in [0.15, 0.2) is 0 Å².